The third kappa shape index (κ3) is 12.3. The van der Waals surface area contributed by atoms with Crippen LogP contribution in [0.4, 0.5) is 0 Å². The topological polar surface area (TPSA) is 12.0 Å². The van der Waals surface area contributed by atoms with Gasteiger partial charge in [0, 0.05) is 18.3 Å². The van der Waals surface area contributed by atoms with Gasteiger partial charge in [0.05, 0.1) is 0 Å². The maximum atomic E-state index is 3.42. The van der Waals surface area contributed by atoms with Crippen LogP contribution in [-0.4, -0.2) is 24.1 Å². The van der Waals surface area contributed by atoms with Crippen molar-refractivity contribution < 1.29 is 0 Å². The lowest BCUT2D eigenvalue weighted by molar-refractivity contribution is 0.401. The van der Waals surface area contributed by atoms with Gasteiger partial charge in [0.2, 0.25) is 0 Å². The van der Waals surface area contributed by atoms with Crippen LogP contribution in [0.3, 0.4) is 0 Å². The highest BCUT2D eigenvalue weighted by molar-refractivity contribution is 7.99. The third-order valence-corrected chi connectivity index (χ3v) is 2.78. The van der Waals surface area contributed by atoms with Gasteiger partial charge in [-0.3, -0.25) is 0 Å². The first-order valence-electron chi connectivity index (χ1n) is 5.23. The van der Waals surface area contributed by atoms with Gasteiger partial charge < -0.3 is 5.32 Å². The molecule has 0 unspecified atom stereocenters. The minimum atomic E-state index is 0.498. The van der Waals surface area contributed by atoms with E-state index in [2.05, 4.69) is 51.7 Å². The Kier molecular flexibility index (Phi) is 6.88. The smallest absolute Gasteiger partial charge is 0.00581 e. The van der Waals surface area contributed by atoms with E-state index in [0.29, 0.717) is 11.5 Å². The molecule has 0 heterocycles. The van der Waals surface area contributed by atoms with Gasteiger partial charge in [0.1, 0.15) is 0 Å². The van der Waals surface area contributed by atoms with Crippen molar-refractivity contribution in [2.75, 3.05) is 18.1 Å². The van der Waals surface area contributed by atoms with Gasteiger partial charge in [0.25, 0.3) is 0 Å². The highest BCUT2D eigenvalue weighted by atomic mass is 32.2. The van der Waals surface area contributed by atoms with Crippen LogP contribution < -0.4 is 5.32 Å². The molecular weight excluding hydrogens is 178 g/mol. The molecule has 0 saturated heterocycles. The average molecular weight is 203 g/mol. The van der Waals surface area contributed by atoms with Crippen molar-refractivity contribution in [2.24, 2.45) is 5.41 Å². The third-order valence-electron chi connectivity index (χ3n) is 1.80. The van der Waals surface area contributed by atoms with Crippen LogP contribution in [0.15, 0.2) is 0 Å². The van der Waals surface area contributed by atoms with E-state index in [1.165, 1.54) is 17.9 Å². The predicted octanol–water partition coefficient (Wildman–Crippen LogP) is 3.15. The lowest BCUT2D eigenvalue weighted by atomic mass is 9.94. The molecule has 0 rings (SSSR count). The maximum Gasteiger partial charge on any atom is 0.00581 e. The lowest BCUT2D eigenvalue weighted by Crippen LogP contribution is -2.25. The Bertz CT molecular complexity index is 116. The summed E-state index contributed by atoms with van der Waals surface area (Å²) in [6.45, 7) is 12.5. The number of hydrogen-bond acceptors (Lipinski definition) is 2. The zero-order valence-electron chi connectivity index (χ0n) is 9.81. The first kappa shape index (κ1) is 13.3. The van der Waals surface area contributed by atoms with Crippen LogP contribution in [0.2, 0.25) is 0 Å². The normalized spacial score (nSPS) is 12.5. The van der Waals surface area contributed by atoms with E-state index in [1.807, 2.05) is 0 Å². The molecule has 0 atom stereocenters. The standard InChI is InChI=1S/C11H25NS/c1-10(2)12-7-9-13-8-6-11(3,4)5/h10,12H,6-9H2,1-5H3. The minimum Gasteiger partial charge on any atom is -0.314 e. The Hall–Kier alpha value is 0.310. The summed E-state index contributed by atoms with van der Waals surface area (Å²) in [4.78, 5) is 0. The van der Waals surface area contributed by atoms with Gasteiger partial charge in [-0.15, -0.1) is 0 Å². The van der Waals surface area contributed by atoms with E-state index in [4.69, 9.17) is 0 Å². The Morgan fingerprint density at radius 1 is 1.15 bits per heavy atom. The van der Waals surface area contributed by atoms with Crippen LogP contribution in [-0.2, 0) is 0 Å². The molecule has 0 aromatic rings. The fraction of sp³-hybridized carbons (Fsp3) is 1.00. The molecule has 0 aliphatic carbocycles. The minimum absolute atomic E-state index is 0.498. The molecule has 13 heavy (non-hydrogen) atoms. The summed E-state index contributed by atoms with van der Waals surface area (Å²) in [7, 11) is 0. The summed E-state index contributed by atoms with van der Waals surface area (Å²) in [6, 6.07) is 0.628. The molecule has 2 heteroatoms. The Labute approximate surface area is 88.1 Å². The second-order valence-electron chi connectivity index (χ2n) is 5.03. The molecule has 0 spiro atoms. The molecule has 0 aliphatic rings. The first-order chi connectivity index (χ1) is 5.92. The highest BCUT2D eigenvalue weighted by Crippen LogP contribution is 2.20. The molecule has 0 amide bonds. The molecule has 0 aliphatic heterocycles. The molecule has 80 valence electrons. The van der Waals surface area contributed by atoms with E-state index >= 15 is 0 Å². The van der Waals surface area contributed by atoms with Gasteiger partial charge in [-0.05, 0) is 17.6 Å². The molecule has 0 fully saturated rings. The summed E-state index contributed by atoms with van der Waals surface area (Å²) < 4.78 is 0. The van der Waals surface area contributed by atoms with Crippen molar-refractivity contribution in [3.63, 3.8) is 0 Å². The fourth-order valence-corrected chi connectivity index (χ4v) is 2.12. The van der Waals surface area contributed by atoms with Gasteiger partial charge in [-0.2, -0.15) is 11.8 Å². The number of thioether (sulfide) groups is 1. The molecule has 0 aromatic heterocycles. The van der Waals surface area contributed by atoms with Gasteiger partial charge >= 0.3 is 0 Å². The van der Waals surface area contributed by atoms with Crippen LogP contribution in [0.1, 0.15) is 41.0 Å². The van der Waals surface area contributed by atoms with Gasteiger partial charge in [-0.1, -0.05) is 34.6 Å². The van der Waals surface area contributed by atoms with Crippen molar-refractivity contribution in [3.8, 4) is 0 Å². The predicted molar refractivity (Wildman–Crippen MR) is 64.5 cm³/mol. The summed E-state index contributed by atoms with van der Waals surface area (Å²) in [5.74, 6) is 2.54. The molecule has 1 nitrogen and oxygen atoms in total. The van der Waals surface area contributed by atoms with Crippen molar-refractivity contribution in [2.45, 2.75) is 47.1 Å². The molecule has 0 saturated carbocycles. The van der Waals surface area contributed by atoms with E-state index in [9.17, 15) is 0 Å². The Morgan fingerprint density at radius 2 is 1.77 bits per heavy atom. The van der Waals surface area contributed by atoms with Crippen LogP contribution >= 0.6 is 11.8 Å². The largest absolute Gasteiger partial charge is 0.314 e. The second kappa shape index (κ2) is 6.72. The summed E-state index contributed by atoms with van der Waals surface area (Å²) in [5.41, 5.74) is 0.498. The molecule has 1 N–H and O–H groups in total. The Morgan fingerprint density at radius 3 is 2.23 bits per heavy atom. The van der Waals surface area contributed by atoms with Crippen LogP contribution in [0, 0.1) is 5.41 Å². The molecular formula is C11H25NS. The summed E-state index contributed by atoms with van der Waals surface area (Å²) in [6.07, 6.45) is 1.32. The van der Waals surface area contributed by atoms with Crippen molar-refractivity contribution in [1.82, 2.24) is 5.32 Å². The van der Waals surface area contributed by atoms with Crippen molar-refractivity contribution >= 4 is 11.8 Å². The van der Waals surface area contributed by atoms with Crippen molar-refractivity contribution in [1.29, 1.82) is 0 Å². The second-order valence-corrected chi connectivity index (χ2v) is 6.26. The van der Waals surface area contributed by atoms with Crippen LogP contribution in [0.5, 0.6) is 0 Å². The number of hydrogen-bond donors (Lipinski definition) is 1. The molecule has 0 aromatic carbocycles. The monoisotopic (exact) mass is 203 g/mol. The van der Waals surface area contributed by atoms with E-state index < -0.39 is 0 Å². The molecule has 0 bridgehead atoms. The summed E-state index contributed by atoms with van der Waals surface area (Å²) >= 11 is 2.06. The molecule has 0 radical (unpaired) electrons. The zero-order valence-corrected chi connectivity index (χ0v) is 10.6. The first-order valence-corrected chi connectivity index (χ1v) is 6.38. The summed E-state index contributed by atoms with van der Waals surface area (Å²) in [5, 5.41) is 3.42. The average Bonchev–Trinajstić information content (AvgIpc) is 1.93. The SMILES string of the molecule is CC(C)NCCSCCC(C)(C)C. The zero-order chi connectivity index (χ0) is 10.3. The van der Waals surface area contributed by atoms with E-state index in [0.717, 1.165) is 6.54 Å². The van der Waals surface area contributed by atoms with Crippen LogP contribution in [0.25, 0.3) is 0 Å². The van der Waals surface area contributed by atoms with E-state index in [1.54, 1.807) is 0 Å². The van der Waals surface area contributed by atoms with Gasteiger partial charge in [0.15, 0.2) is 0 Å². The maximum absolute atomic E-state index is 3.42. The van der Waals surface area contributed by atoms with Gasteiger partial charge in [-0.25, -0.2) is 0 Å². The quantitative estimate of drug-likeness (QED) is 0.666. The Balaban J connectivity index is 3.09. The van der Waals surface area contributed by atoms with E-state index in [-0.39, 0.29) is 0 Å². The van der Waals surface area contributed by atoms with Crippen molar-refractivity contribution in [3.05, 3.63) is 0 Å². The number of nitrogens with one attached hydrogen (secondary N) is 1. The number of rotatable bonds is 6. The lowest BCUT2D eigenvalue weighted by Gasteiger charge is -2.17. The highest BCUT2D eigenvalue weighted by Gasteiger charge is 2.08. The fourth-order valence-electron chi connectivity index (χ4n) is 0.900.